The minimum Gasteiger partial charge on any atom is -0.366 e. The summed E-state index contributed by atoms with van der Waals surface area (Å²) in [5.74, 6) is 1.99. The Morgan fingerprint density at radius 2 is 1.94 bits per heavy atom. The van der Waals surface area contributed by atoms with E-state index in [0.29, 0.717) is 18.1 Å². The first-order valence-corrected chi connectivity index (χ1v) is 10.3. The molecule has 0 spiro atoms. The Kier molecular flexibility index (Phi) is 4.58. The Bertz CT molecular complexity index is 1290. The Labute approximate surface area is 180 Å². The van der Waals surface area contributed by atoms with Crippen molar-refractivity contribution in [2.75, 3.05) is 23.8 Å². The van der Waals surface area contributed by atoms with Crippen LogP contribution in [0.2, 0.25) is 0 Å². The molecule has 156 valence electrons. The van der Waals surface area contributed by atoms with E-state index in [4.69, 9.17) is 15.7 Å². The Hall–Kier alpha value is -3.87. The van der Waals surface area contributed by atoms with E-state index in [-0.39, 0.29) is 0 Å². The molecule has 0 aliphatic carbocycles. The van der Waals surface area contributed by atoms with Crippen LogP contribution in [0, 0.1) is 6.92 Å². The zero-order valence-electron chi connectivity index (χ0n) is 17.6. The second-order valence-electron chi connectivity index (χ2n) is 7.93. The monoisotopic (exact) mass is 412 g/mol. The van der Waals surface area contributed by atoms with Gasteiger partial charge in [0.25, 0.3) is 5.91 Å². The second kappa shape index (κ2) is 7.43. The minimum atomic E-state index is -0.466. The third-order valence-electron chi connectivity index (χ3n) is 5.82. The number of anilines is 2. The number of pyridine rings is 1. The summed E-state index contributed by atoms with van der Waals surface area (Å²) in [6, 6.07) is 15.8. The number of rotatable bonds is 5. The van der Waals surface area contributed by atoms with Crippen LogP contribution in [-0.4, -0.2) is 33.9 Å². The molecule has 1 aromatic carbocycles. The van der Waals surface area contributed by atoms with E-state index in [9.17, 15) is 4.79 Å². The normalized spacial score (nSPS) is 12.9. The molecule has 4 heterocycles. The fourth-order valence-electron chi connectivity index (χ4n) is 4.26. The van der Waals surface area contributed by atoms with Gasteiger partial charge >= 0.3 is 0 Å². The summed E-state index contributed by atoms with van der Waals surface area (Å²) < 4.78 is 1.82. The lowest BCUT2D eigenvalue weighted by atomic mass is 10.1. The molecule has 3 N–H and O–H groups in total. The Morgan fingerprint density at radius 1 is 1.13 bits per heavy atom. The van der Waals surface area contributed by atoms with Crippen molar-refractivity contribution in [2.24, 2.45) is 5.73 Å². The number of nitrogens with zero attached hydrogens (tertiary/aromatic N) is 4. The molecule has 0 unspecified atom stereocenters. The molecule has 0 bridgehead atoms. The van der Waals surface area contributed by atoms with Crippen molar-refractivity contribution in [3.05, 3.63) is 77.1 Å². The first kappa shape index (κ1) is 19.1. The molecule has 5 rings (SSSR count). The first-order valence-electron chi connectivity index (χ1n) is 10.3. The van der Waals surface area contributed by atoms with Gasteiger partial charge in [-0.05, 0) is 36.6 Å². The maximum absolute atomic E-state index is 11.9. The van der Waals surface area contributed by atoms with Crippen molar-refractivity contribution >= 4 is 23.1 Å². The lowest BCUT2D eigenvalue weighted by Crippen LogP contribution is -2.15. The highest BCUT2D eigenvalue weighted by molar-refractivity contribution is 5.94. The number of nitrogens with one attached hydrogen (secondary N) is 1. The van der Waals surface area contributed by atoms with Crippen LogP contribution in [0.25, 0.3) is 16.9 Å². The molecule has 1 aliphatic heterocycles. The largest absolute Gasteiger partial charge is 0.366 e. The molecule has 7 nitrogen and oxygen atoms in total. The number of nitrogens with two attached hydrogens (primary N) is 1. The molecule has 1 amide bonds. The summed E-state index contributed by atoms with van der Waals surface area (Å²) in [4.78, 5) is 23.9. The zero-order valence-corrected chi connectivity index (χ0v) is 17.6. The van der Waals surface area contributed by atoms with E-state index < -0.39 is 5.91 Å². The number of hydrogen-bond donors (Lipinski definition) is 2. The van der Waals surface area contributed by atoms with Gasteiger partial charge in [0.1, 0.15) is 17.3 Å². The predicted molar refractivity (Wildman–Crippen MR) is 122 cm³/mol. The molecule has 0 atom stereocenters. The van der Waals surface area contributed by atoms with Crippen molar-refractivity contribution in [1.82, 2.24) is 14.4 Å². The van der Waals surface area contributed by atoms with Crippen LogP contribution in [0.4, 0.5) is 11.6 Å². The number of aromatic nitrogens is 3. The Balaban J connectivity index is 1.64. The Morgan fingerprint density at radius 3 is 2.71 bits per heavy atom. The lowest BCUT2D eigenvalue weighted by molar-refractivity contribution is 0.0994. The van der Waals surface area contributed by atoms with E-state index in [1.807, 2.05) is 47.9 Å². The number of fused-ring (bicyclic) bond motifs is 2. The maximum Gasteiger partial charge on any atom is 0.265 e. The average molecular weight is 412 g/mol. The van der Waals surface area contributed by atoms with Gasteiger partial charge in [0.05, 0.1) is 5.52 Å². The molecular weight excluding hydrogens is 388 g/mol. The number of carbonyl (C=O) groups is 1. The fourth-order valence-corrected chi connectivity index (χ4v) is 4.26. The van der Waals surface area contributed by atoms with Crippen LogP contribution in [0.15, 0.2) is 54.7 Å². The van der Waals surface area contributed by atoms with Gasteiger partial charge in [0.15, 0.2) is 5.82 Å². The minimum absolute atomic E-state index is 0.438. The fraction of sp³-hybridized carbons (Fsp3) is 0.208. The number of benzene rings is 1. The third-order valence-corrected chi connectivity index (χ3v) is 5.82. The number of hydrogen-bond acceptors (Lipinski definition) is 5. The quantitative estimate of drug-likeness (QED) is 0.524. The molecule has 1 aliphatic rings. The topological polar surface area (TPSA) is 88.5 Å². The molecule has 4 aromatic rings. The molecule has 31 heavy (non-hydrogen) atoms. The summed E-state index contributed by atoms with van der Waals surface area (Å²) in [5, 5.41) is 3.52. The van der Waals surface area contributed by atoms with Gasteiger partial charge in [-0.1, -0.05) is 36.4 Å². The smallest absolute Gasteiger partial charge is 0.265 e. The standard InChI is InChI=1S/C24H24N6O/c1-15-14-30-18(9-6-10-19(30)21(25)31)20(15)23-27-22(17-11-12-29(2)24(17)28-23)26-13-16-7-4-3-5-8-16/h3-10,14H,11-13H2,1-2H3,(H2,25,31)(H,26,27,28). The van der Waals surface area contributed by atoms with Gasteiger partial charge in [0.2, 0.25) is 0 Å². The van der Waals surface area contributed by atoms with Gasteiger partial charge in [-0.2, -0.15) is 0 Å². The number of carbonyl (C=O) groups excluding carboxylic acids is 1. The van der Waals surface area contributed by atoms with Gasteiger partial charge in [-0.3, -0.25) is 4.79 Å². The van der Waals surface area contributed by atoms with Gasteiger partial charge in [0, 0.05) is 37.5 Å². The maximum atomic E-state index is 11.9. The van der Waals surface area contributed by atoms with Crippen LogP contribution < -0.4 is 16.0 Å². The van der Waals surface area contributed by atoms with Gasteiger partial charge in [-0.25, -0.2) is 9.97 Å². The van der Waals surface area contributed by atoms with Crippen molar-refractivity contribution in [1.29, 1.82) is 0 Å². The van der Waals surface area contributed by atoms with Crippen molar-refractivity contribution < 1.29 is 4.79 Å². The van der Waals surface area contributed by atoms with E-state index >= 15 is 0 Å². The third kappa shape index (κ3) is 3.28. The van der Waals surface area contributed by atoms with Crippen molar-refractivity contribution in [3.63, 3.8) is 0 Å². The molecule has 0 fully saturated rings. The van der Waals surface area contributed by atoms with Gasteiger partial charge in [-0.15, -0.1) is 0 Å². The van der Waals surface area contributed by atoms with E-state index in [0.717, 1.165) is 46.8 Å². The molecule has 0 saturated heterocycles. The summed E-state index contributed by atoms with van der Waals surface area (Å²) >= 11 is 0. The number of aryl methyl sites for hydroxylation is 1. The summed E-state index contributed by atoms with van der Waals surface area (Å²) in [5.41, 5.74) is 11.1. The van der Waals surface area contributed by atoms with E-state index in [2.05, 4.69) is 29.4 Å². The number of amides is 1. The summed E-state index contributed by atoms with van der Waals surface area (Å²) in [6.07, 6.45) is 2.83. The highest BCUT2D eigenvalue weighted by Crippen LogP contribution is 2.35. The number of primary amides is 1. The average Bonchev–Trinajstić information content (AvgIpc) is 3.31. The SMILES string of the molecule is Cc1cn2c(C(N)=O)cccc2c1-c1nc(NCc2ccccc2)c2c(n1)N(C)CC2. The van der Waals surface area contributed by atoms with E-state index in [1.165, 1.54) is 5.56 Å². The summed E-state index contributed by atoms with van der Waals surface area (Å²) in [7, 11) is 2.06. The van der Waals surface area contributed by atoms with Crippen molar-refractivity contribution in [2.45, 2.75) is 19.9 Å². The van der Waals surface area contributed by atoms with Crippen LogP contribution in [0.1, 0.15) is 27.2 Å². The lowest BCUT2D eigenvalue weighted by Gasteiger charge is -2.15. The molecule has 0 saturated carbocycles. The molecule has 3 aromatic heterocycles. The van der Waals surface area contributed by atoms with Crippen LogP contribution in [-0.2, 0) is 13.0 Å². The first-order chi connectivity index (χ1) is 15.0. The number of likely N-dealkylation sites (N-methyl/N-ethyl adjacent to an activating group) is 1. The van der Waals surface area contributed by atoms with Crippen LogP contribution >= 0.6 is 0 Å². The highest BCUT2D eigenvalue weighted by atomic mass is 16.1. The summed E-state index contributed by atoms with van der Waals surface area (Å²) in [6.45, 7) is 3.61. The van der Waals surface area contributed by atoms with Crippen LogP contribution in [0.5, 0.6) is 0 Å². The second-order valence-corrected chi connectivity index (χ2v) is 7.93. The van der Waals surface area contributed by atoms with Gasteiger partial charge < -0.3 is 20.4 Å². The molecular formula is C24H24N6O. The highest BCUT2D eigenvalue weighted by Gasteiger charge is 2.25. The van der Waals surface area contributed by atoms with E-state index in [1.54, 1.807) is 6.07 Å². The van der Waals surface area contributed by atoms with Crippen molar-refractivity contribution in [3.8, 4) is 11.4 Å². The molecule has 0 radical (unpaired) electrons. The predicted octanol–water partition coefficient (Wildman–Crippen LogP) is 3.41. The zero-order chi connectivity index (χ0) is 21.5. The van der Waals surface area contributed by atoms with Crippen LogP contribution in [0.3, 0.4) is 0 Å². The molecule has 7 heteroatoms.